The van der Waals surface area contributed by atoms with E-state index in [2.05, 4.69) is 13.8 Å². The molecule has 0 spiro atoms. The maximum Gasteiger partial charge on any atom is 0.0625 e. The Labute approximate surface area is 104 Å². The zero-order valence-corrected chi connectivity index (χ0v) is 10.9. The summed E-state index contributed by atoms with van der Waals surface area (Å²) in [6.07, 6.45) is 3.95. The minimum absolute atomic E-state index is 0.117. The molecule has 0 aromatic heterocycles. The summed E-state index contributed by atoms with van der Waals surface area (Å²) in [6.45, 7) is 6.51. The Kier molecular flexibility index (Phi) is 4.79. The summed E-state index contributed by atoms with van der Waals surface area (Å²) in [4.78, 5) is 0. The zero-order chi connectivity index (χ0) is 12.3. The van der Waals surface area contributed by atoms with Gasteiger partial charge in [-0.3, -0.25) is 0 Å². The Morgan fingerprint density at radius 3 is 2.59 bits per heavy atom. The van der Waals surface area contributed by atoms with Crippen molar-refractivity contribution in [2.24, 2.45) is 11.7 Å². The van der Waals surface area contributed by atoms with Crippen LogP contribution in [0.15, 0.2) is 0 Å². The molecule has 4 heteroatoms. The fourth-order valence-electron chi connectivity index (χ4n) is 2.75. The third-order valence-electron chi connectivity index (χ3n) is 3.75. The molecule has 0 aromatic carbocycles. The number of hydrogen-bond acceptors (Lipinski definition) is 4. The average Bonchev–Trinajstić information content (AvgIpc) is 2.78. The lowest BCUT2D eigenvalue weighted by Gasteiger charge is -2.33. The molecule has 0 saturated carbocycles. The van der Waals surface area contributed by atoms with Crippen LogP contribution in [0.2, 0.25) is 0 Å². The van der Waals surface area contributed by atoms with Gasteiger partial charge in [0.05, 0.1) is 31.5 Å². The molecule has 0 aliphatic carbocycles. The van der Waals surface area contributed by atoms with E-state index in [1.165, 1.54) is 0 Å². The van der Waals surface area contributed by atoms with Crippen molar-refractivity contribution >= 4 is 0 Å². The van der Waals surface area contributed by atoms with Crippen LogP contribution in [0.25, 0.3) is 0 Å². The predicted molar refractivity (Wildman–Crippen MR) is 65.9 cm³/mol. The van der Waals surface area contributed by atoms with Crippen LogP contribution < -0.4 is 5.73 Å². The normalized spacial score (nSPS) is 40.4. The third kappa shape index (κ3) is 3.91. The first kappa shape index (κ1) is 13.3. The second-order valence-electron chi connectivity index (χ2n) is 5.47. The van der Waals surface area contributed by atoms with Gasteiger partial charge >= 0.3 is 0 Å². The highest BCUT2D eigenvalue weighted by Crippen LogP contribution is 2.23. The van der Waals surface area contributed by atoms with E-state index in [-0.39, 0.29) is 6.04 Å². The van der Waals surface area contributed by atoms with Crippen LogP contribution in [-0.2, 0) is 14.2 Å². The van der Waals surface area contributed by atoms with E-state index < -0.39 is 0 Å². The van der Waals surface area contributed by atoms with Gasteiger partial charge in [-0.1, -0.05) is 0 Å². The smallest absolute Gasteiger partial charge is 0.0625 e. The number of rotatable bonds is 4. The first-order valence-electron chi connectivity index (χ1n) is 6.75. The summed E-state index contributed by atoms with van der Waals surface area (Å²) >= 11 is 0. The monoisotopic (exact) mass is 243 g/mol. The van der Waals surface area contributed by atoms with Crippen LogP contribution in [0, 0.1) is 5.92 Å². The highest BCUT2D eigenvalue weighted by molar-refractivity contribution is 4.78. The standard InChI is InChI=1S/C13H25NO3/c1-9-5-12(6-10(2)17-9)16-8-13(14)11-3-4-15-7-11/h9-13H,3-8,14H2,1-2H3. The van der Waals surface area contributed by atoms with Crippen LogP contribution in [0.4, 0.5) is 0 Å². The van der Waals surface area contributed by atoms with E-state index in [4.69, 9.17) is 19.9 Å². The Bertz CT molecular complexity index is 221. The van der Waals surface area contributed by atoms with E-state index in [0.717, 1.165) is 32.5 Å². The van der Waals surface area contributed by atoms with Crippen molar-refractivity contribution in [2.75, 3.05) is 19.8 Å². The van der Waals surface area contributed by atoms with Crippen LogP contribution in [0.1, 0.15) is 33.1 Å². The Morgan fingerprint density at radius 2 is 2.00 bits per heavy atom. The number of ether oxygens (including phenoxy) is 3. The quantitative estimate of drug-likeness (QED) is 0.809. The Morgan fingerprint density at radius 1 is 1.29 bits per heavy atom. The van der Waals surface area contributed by atoms with Gasteiger partial charge in [0.2, 0.25) is 0 Å². The molecule has 2 heterocycles. The number of hydrogen-bond donors (Lipinski definition) is 1. The summed E-state index contributed by atoms with van der Waals surface area (Å²) < 4.78 is 17.0. The molecule has 100 valence electrons. The SMILES string of the molecule is CC1CC(OCC(N)C2CCOC2)CC(C)O1. The minimum Gasteiger partial charge on any atom is -0.381 e. The van der Waals surface area contributed by atoms with E-state index in [1.807, 2.05) is 0 Å². The first-order chi connectivity index (χ1) is 8.15. The molecule has 17 heavy (non-hydrogen) atoms. The zero-order valence-electron chi connectivity index (χ0n) is 10.9. The topological polar surface area (TPSA) is 53.7 Å². The van der Waals surface area contributed by atoms with Gasteiger partial charge in [-0.25, -0.2) is 0 Å². The second-order valence-corrected chi connectivity index (χ2v) is 5.47. The molecule has 2 aliphatic heterocycles. The fraction of sp³-hybridized carbons (Fsp3) is 1.00. The van der Waals surface area contributed by atoms with Crippen LogP contribution >= 0.6 is 0 Å². The minimum atomic E-state index is 0.117. The van der Waals surface area contributed by atoms with E-state index in [0.29, 0.717) is 30.8 Å². The van der Waals surface area contributed by atoms with Crippen molar-refractivity contribution < 1.29 is 14.2 Å². The van der Waals surface area contributed by atoms with Gasteiger partial charge in [0.1, 0.15) is 0 Å². The van der Waals surface area contributed by atoms with Gasteiger partial charge in [-0.15, -0.1) is 0 Å². The van der Waals surface area contributed by atoms with E-state index >= 15 is 0 Å². The summed E-state index contributed by atoms with van der Waals surface area (Å²) in [5.74, 6) is 0.477. The summed E-state index contributed by atoms with van der Waals surface area (Å²) in [5, 5.41) is 0. The maximum atomic E-state index is 6.13. The van der Waals surface area contributed by atoms with E-state index in [1.54, 1.807) is 0 Å². The van der Waals surface area contributed by atoms with Gasteiger partial charge in [0.15, 0.2) is 0 Å². The molecule has 0 aromatic rings. The third-order valence-corrected chi connectivity index (χ3v) is 3.75. The lowest BCUT2D eigenvalue weighted by atomic mass is 10.00. The van der Waals surface area contributed by atoms with Crippen molar-refractivity contribution in [3.63, 3.8) is 0 Å². The first-order valence-corrected chi connectivity index (χ1v) is 6.75. The van der Waals surface area contributed by atoms with Gasteiger partial charge in [-0.05, 0) is 33.1 Å². The predicted octanol–water partition coefficient (Wildman–Crippen LogP) is 1.32. The molecule has 4 unspecified atom stereocenters. The Balaban J connectivity index is 1.69. The second kappa shape index (κ2) is 6.14. The molecule has 0 bridgehead atoms. The number of nitrogens with two attached hydrogens (primary N) is 1. The Hall–Kier alpha value is -0.160. The lowest BCUT2D eigenvalue weighted by molar-refractivity contribution is -0.105. The molecule has 2 fully saturated rings. The van der Waals surface area contributed by atoms with Gasteiger partial charge < -0.3 is 19.9 Å². The van der Waals surface area contributed by atoms with Crippen molar-refractivity contribution in [1.82, 2.24) is 0 Å². The summed E-state index contributed by atoms with van der Waals surface area (Å²) in [5.41, 5.74) is 6.13. The molecule has 2 N–H and O–H groups in total. The van der Waals surface area contributed by atoms with E-state index in [9.17, 15) is 0 Å². The van der Waals surface area contributed by atoms with Gasteiger partial charge in [-0.2, -0.15) is 0 Å². The molecule has 0 amide bonds. The summed E-state index contributed by atoms with van der Waals surface area (Å²) in [6, 6.07) is 0.117. The maximum absolute atomic E-state index is 6.13. The molecule has 0 radical (unpaired) electrons. The molecule has 2 rings (SSSR count). The molecular formula is C13H25NO3. The average molecular weight is 243 g/mol. The highest BCUT2D eigenvalue weighted by Gasteiger charge is 2.27. The van der Waals surface area contributed by atoms with Crippen molar-refractivity contribution in [3.05, 3.63) is 0 Å². The van der Waals surface area contributed by atoms with Crippen LogP contribution in [-0.4, -0.2) is 44.2 Å². The van der Waals surface area contributed by atoms with Crippen LogP contribution in [0.3, 0.4) is 0 Å². The molecule has 4 atom stereocenters. The van der Waals surface area contributed by atoms with Gasteiger partial charge in [0, 0.05) is 18.6 Å². The van der Waals surface area contributed by atoms with Crippen LogP contribution in [0.5, 0.6) is 0 Å². The highest BCUT2D eigenvalue weighted by atomic mass is 16.5. The molecule has 2 saturated heterocycles. The van der Waals surface area contributed by atoms with Gasteiger partial charge in [0.25, 0.3) is 0 Å². The van der Waals surface area contributed by atoms with Crippen molar-refractivity contribution in [3.8, 4) is 0 Å². The van der Waals surface area contributed by atoms with Crippen molar-refractivity contribution in [2.45, 2.75) is 57.5 Å². The summed E-state index contributed by atoms with van der Waals surface area (Å²) in [7, 11) is 0. The molecule has 2 aliphatic rings. The fourth-order valence-corrected chi connectivity index (χ4v) is 2.75. The molecular weight excluding hydrogens is 218 g/mol. The van der Waals surface area contributed by atoms with Crippen molar-refractivity contribution in [1.29, 1.82) is 0 Å². The lowest BCUT2D eigenvalue weighted by Crippen LogP contribution is -2.40. The largest absolute Gasteiger partial charge is 0.381 e. The molecule has 4 nitrogen and oxygen atoms in total.